The van der Waals surface area contributed by atoms with Gasteiger partial charge in [-0.25, -0.2) is 0 Å². The Labute approximate surface area is 191 Å². The average Bonchev–Trinajstić information content (AvgIpc) is 3.03. The van der Waals surface area contributed by atoms with Crippen LogP contribution in [-0.4, -0.2) is 55.5 Å². The van der Waals surface area contributed by atoms with Crippen molar-refractivity contribution in [3.63, 3.8) is 0 Å². The SMILES string of the molecule is COc1ccc(C(NC(=O)CN2CCCN(Cc3ccc(C#N)cc3)CC2)C(C)C)cc1. The predicted octanol–water partition coefficient (Wildman–Crippen LogP) is 3.59. The Morgan fingerprint density at radius 2 is 1.69 bits per heavy atom. The first-order chi connectivity index (χ1) is 15.5. The van der Waals surface area contributed by atoms with Crippen LogP contribution in [0.1, 0.15) is 43.0 Å². The van der Waals surface area contributed by atoms with Crippen LogP contribution in [0.3, 0.4) is 0 Å². The second-order valence-electron chi connectivity index (χ2n) is 8.78. The Hall–Kier alpha value is -2.88. The molecule has 0 spiro atoms. The second kappa shape index (κ2) is 11.7. The van der Waals surface area contributed by atoms with E-state index in [1.807, 2.05) is 48.5 Å². The van der Waals surface area contributed by atoms with E-state index in [9.17, 15) is 4.79 Å². The van der Waals surface area contributed by atoms with E-state index in [0.29, 0.717) is 18.0 Å². The number of ether oxygens (including phenoxy) is 1. The van der Waals surface area contributed by atoms with Crippen LogP contribution in [-0.2, 0) is 11.3 Å². The molecule has 0 aromatic heterocycles. The molecule has 6 heteroatoms. The third kappa shape index (κ3) is 6.81. The highest BCUT2D eigenvalue weighted by atomic mass is 16.5. The molecule has 1 atom stereocenters. The summed E-state index contributed by atoms with van der Waals surface area (Å²) in [6.07, 6.45) is 1.04. The van der Waals surface area contributed by atoms with Gasteiger partial charge in [-0.3, -0.25) is 14.6 Å². The molecule has 0 aliphatic carbocycles. The van der Waals surface area contributed by atoms with Gasteiger partial charge in [0.1, 0.15) is 5.75 Å². The molecule has 0 saturated carbocycles. The largest absolute Gasteiger partial charge is 0.497 e. The first-order valence-electron chi connectivity index (χ1n) is 11.4. The van der Waals surface area contributed by atoms with Crippen molar-refractivity contribution in [3.8, 4) is 11.8 Å². The summed E-state index contributed by atoms with van der Waals surface area (Å²) in [6, 6.07) is 17.9. The number of amides is 1. The molecule has 1 N–H and O–H groups in total. The van der Waals surface area contributed by atoms with Crippen LogP contribution in [0.2, 0.25) is 0 Å². The fourth-order valence-corrected chi connectivity index (χ4v) is 4.15. The minimum absolute atomic E-state index is 0.0201. The summed E-state index contributed by atoms with van der Waals surface area (Å²) < 4.78 is 5.25. The van der Waals surface area contributed by atoms with E-state index in [1.165, 1.54) is 5.56 Å². The topological polar surface area (TPSA) is 68.6 Å². The number of rotatable bonds is 8. The van der Waals surface area contributed by atoms with Crippen LogP contribution < -0.4 is 10.1 Å². The molecule has 170 valence electrons. The maximum Gasteiger partial charge on any atom is 0.234 e. The quantitative estimate of drug-likeness (QED) is 0.688. The molecule has 0 bridgehead atoms. The van der Waals surface area contributed by atoms with E-state index in [1.54, 1.807) is 7.11 Å². The predicted molar refractivity (Wildman–Crippen MR) is 126 cm³/mol. The summed E-state index contributed by atoms with van der Waals surface area (Å²) in [5.41, 5.74) is 3.00. The average molecular weight is 435 g/mol. The van der Waals surface area contributed by atoms with Crippen molar-refractivity contribution in [1.29, 1.82) is 5.26 Å². The lowest BCUT2D eigenvalue weighted by Gasteiger charge is -2.26. The molecule has 1 aliphatic rings. The molecule has 1 fully saturated rings. The molecule has 0 radical (unpaired) electrons. The Bertz CT molecular complexity index is 903. The molecule has 3 rings (SSSR count). The zero-order valence-electron chi connectivity index (χ0n) is 19.4. The lowest BCUT2D eigenvalue weighted by Crippen LogP contribution is -2.41. The summed E-state index contributed by atoms with van der Waals surface area (Å²) in [4.78, 5) is 17.5. The number of benzene rings is 2. The summed E-state index contributed by atoms with van der Waals surface area (Å²) in [5, 5.41) is 12.2. The van der Waals surface area contributed by atoms with Gasteiger partial charge < -0.3 is 10.1 Å². The highest BCUT2D eigenvalue weighted by Crippen LogP contribution is 2.24. The van der Waals surface area contributed by atoms with Gasteiger partial charge in [0.25, 0.3) is 0 Å². The Morgan fingerprint density at radius 1 is 1.03 bits per heavy atom. The van der Waals surface area contributed by atoms with Crippen LogP contribution in [0.5, 0.6) is 5.75 Å². The molecule has 2 aromatic rings. The number of carbonyl (C=O) groups excluding carboxylic acids is 1. The van der Waals surface area contributed by atoms with Crippen molar-refractivity contribution in [3.05, 3.63) is 65.2 Å². The first-order valence-corrected chi connectivity index (χ1v) is 11.4. The number of carbonyl (C=O) groups is 1. The molecule has 1 saturated heterocycles. The number of nitrogens with zero attached hydrogens (tertiary/aromatic N) is 3. The van der Waals surface area contributed by atoms with E-state index >= 15 is 0 Å². The minimum Gasteiger partial charge on any atom is -0.497 e. The first kappa shape index (κ1) is 23.8. The van der Waals surface area contributed by atoms with Crippen molar-refractivity contribution in [2.45, 2.75) is 32.9 Å². The summed E-state index contributed by atoms with van der Waals surface area (Å²) in [5.74, 6) is 1.18. The van der Waals surface area contributed by atoms with Crippen LogP contribution in [0.15, 0.2) is 48.5 Å². The molecule has 6 nitrogen and oxygen atoms in total. The number of hydrogen-bond acceptors (Lipinski definition) is 5. The van der Waals surface area contributed by atoms with E-state index in [2.05, 4.69) is 35.0 Å². The molecule has 32 heavy (non-hydrogen) atoms. The van der Waals surface area contributed by atoms with Crippen molar-refractivity contribution >= 4 is 5.91 Å². The van der Waals surface area contributed by atoms with Crippen molar-refractivity contribution in [1.82, 2.24) is 15.1 Å². The third-order valence-electron chi connectivity index (χ3n) is 6.00. The monoisotopic (exact) mass is 434 g/mol. The number of methoxy groups -OCH3 is 1. The van der Waals surface area contributed by atoms with Gasteiger partial charge in [-0.2, -0.15) is 5.26 Å². The zero-order valence-corrected chi connectivity index (χ0v) is 19.4. The third-order valence-corrected chi connectivity index (χ3v) is 6.00. The lowest BCUT2D eigenvalue weighted by atomic mass is 9.96. The van der Waals surface area contributed by atoms with E-state index < -0.39 is 0 Å². The highest BCUT2D eigenvalue weighted by Gasteiger charge is 2.21. The fraction of sp³-hybridized carbons (Fsp3) is 0.462. The molecule has 1 heterocycles. The summed E-state index contributed by atoms with van der Waals surface area (Å²) in [6.45, 7) is 9.29. The number of nitrogens with one attached hydrogen (secondary N) is 1. The lowest BCUT2D eigenvalue weighted by molar-refractivity contribution is -0.123. The van der Waals surface area contributed by atoms with Crippen LogP contribution in [0, 0.1) is 17.2 Å². The van der Waals surface area contributed by atoms with E-state index in [4.69, 9.17) is 10.00 Å². The van der Waals surface area contributed by atoms with Crippen molar-refractivity contribution < 1.29 is 9.53 Å². The zero-order chi connectivity index (χ0) is 22.9. The Morgan fingerprint density at radius 3 is 2.31 bits per heavy atom. The minimum atomic E-state index is -0.0201. The van der Waals surface area contributed by atoms with Gasteiger partial charge in [-0.15, -0.1) is 0 Å². The summed E-state index contributed by atoms with van der Waals surface area (Å²) in [7, 11) is 1.66. The van der Waals surface area contributed by atoms with Gasteiger partial charge in [0.2, 0.25) is 5.91 Å². The van der Waals surface area contributed by atoms with Crippen LogP contribution in [0.4, 0.5) is 0 Å². The standard InChI is InChI=1S/C26H34N4O2/c1-20(2)26(23-9-11-24(32-3)12-10-23)28-25(31)19-30-14-4-13-29(15-16-30)18-22-7-5-21(17-27)6-8-22/h5-12,20,26H,4,13-16,18-19H2,1-3H3,(H,28,31). The smallest absolute Gasteiger partial charge is 0.234 e. The molecule has 1 amide bonds. The van der Waals surface area contributed by atoms with Crippen molar-refractivity contribution in [2.24, 2.45) is 5.92 Å². The van der Waals surface area contributed by atoms with Gasteiger partial charge in [-0.1, -0.05) is 38.1 Å². The second-order valence-corrected chi connectivity index (χ2v) is 8.78. The number of nitriles is 1. The summed E-state index contributed by atoms with van der Waals surface area (Å²) >= 11 is 0. The molecule has 2 aromatic carbocycles. The van der Waals surface area contributed by atoms with Gasteiger partial charge in [0, 0.05) is 19.6 Å². The maximum atomic E-state index is 12.9. The molecule has 1 unspecified atom stereocenters. The molecule has 1 aliphatic heterocycles. The van der Waals surface area contributed by atoms with Gasteiger partial charge in [0.05, 0.1) is 31.3 Å². The fourth-order valence-electron chi connectivity index (χ4n) is 4.15. The van der Waals surface area contributed by atoms with Crippen molar-refractivity contribution in [2.75, 3.05) is 39.8 Å². The van der Waals surface area contributed by atoms with Gasteiger partial charge in [0.15, 0.2) is 0 Å². The van der Waals surface area contributed by atoms with E-state index in [0.717, 1.165) is 50.5 Å². The van der Waals surface area contributed by atoms with Gasteiger partial charge >= 0.3 is 0 Å². The van der Waals surface area contributed by atoms with Gasteiger partial charge in [-0.05, 0) is 60.8 Å². The van der Waals surface area contributed by atoms with Crippen LogP contribution >= 0.6 is 0 Å². The van der Waals surface area contributed by atoms with Crippen LogP contribution in [0.25, 0.3) is 0 Å². The Balaban J connectivity index is 1.51. The molecular formula is C26H34N4O2. The molecular weight excluding hydrogens is 400 g/mol. The van der Waals surface area contributed by atoms with E-state index in [-0.39, 0.29) is 11.9 Å². The highest BCUT2D eigenvalue weighted by molar-refractivity contribution is 5.78. The Kier molecular flexibility index (Phi) is 8.66. The normalized spacial score (nSPS) is 16.2. The number of hydrogen-bond donors (Lipinski definition) is 1. The maximum absolute atomic E-state index is 12.9.